The van der Waals surface area contributed by atoms with Crippen LogP contribution in [0.2, 0.25) is 0 Å². The van der Waals surface area contributed by atoms with Crippen LogP contribution < -0.4 is 10.6 Å². The van der Waals surface area contributed by atoms with Gasteiger partial charge in [-0.2, -0.15) is 13.2 Å². The zero-order valence-electron chi connectivity index (χ0n) is 12.3. The molecular weight excluding hydrogens is 285 g/mol. The maximum atomic E-state index is 12.1. The first-order valence-electron chi connectivity index (χ1n) is 7.29. The molecule has 0 atom stereocenters. The van der Waals surface area contributed by atoms with Gasteiger partial charge in [0.15, 0.2) is 5.96 Å². The number of carbonyl (C=O) groups is 1. The fourth-order valence-electron chi connectivity index (χ4n) is 2.05. The predicted molar refractivity (Wildman–Crippen MR) is 75.1 cm³/mol. The molecule has 0 unspecified atom stereocenters. The highest BCUT2D eigenvalue weighted by Gasteiger charge is 2.26. The predicted octanol–water partition coefficient (Wildman–Crippen LogP) is 1.51. The number of halogens is 3. The first-order valence-corrected chi connectivity index (χ1v) is 7.29. The Hall–Kier alpha value is -1.47. The van der Waals surface area contributed by atoms with Crippen molar-refractivity contribution in [3.05, 3.63) is 0 Å². The normalized spacial score (nSPS) is 16.2. The number of carbonyl (C=O) groups excluding carboxylic acids is 1. The lowest BCUT2D eigenvalue weighted by atomic mass is 10.3. The largest absolute Gasteiger partial charge is 0.390 e. The maximum Gasteiger partial charge on any atom is 0.390 e. The van der Waals surface area contributed by atoms with Crippen LogP contribution in [0.15, 0.2) is 4.99 Å². The van der Waals surface area contributed by atoms with E-state index >= 15 is 0 Å². The molecule has 1 heterocycles. The summed E-state index contributed by atoms with van der Waals surface area (Å²) in [5.74, 6) is 0.391. The molecule has 1 rings (SSSR count). The Morgan fingerprint density at radius 2 is 1.90 bits per heavy atom. The second-order valence-electron chi connectivity index (χ2n) is 4.89. The van der Waals surface area contributed by atoms with E-state index < -0.39 is 12.6 Å². The third-order valence-electron chi connectivity index (χ3n) is 3.10. The summed E-state index contributed by atoms with van der Waals surface area (Å²) in [7, 11) is 0. The average molecular weight is 308 g/mol. The van der Waals surface area contributed by atoms with E-state index in [4.69, 9.17) is 0 Å². The number of nitrogens with zero attached hydrogens (tertiary/aromatic N) is 2. The van der Waals surface area contributed by atoms with E-state index in [1.807, 2.05) is 11.8 Å². The van der Waals surface area contributed by atoms with E-state index in [0.29, 0.717) is 25.5 Å². The lowest BCUT2D eigenvalue weighted by Gasteiger charge is -2.16. The number of hydrogen-bond donors (Lipinski definition) is 2. The van der Waals surface area contributed by atoms with Gasteiger partial charge in [-0.25, -0.2) is 0 Å². The van der Waals surface area contributed by atoms with Crippen molar-refractivity contribution in [3.8, 4) is 0 Å². The summed E-state index contributed by atoms with van der Waals surface area (Å²) in [6.45, 7) is 4.04. The Morgan fingerprint density at radius 3 is 2.48 bits per heavy atom. The number of rotatable bonds is 6. The van der Waals surface area contributed by atoms with Crippen LogP contribution in [-0.4, -0.2) is 55.7 Å². The van der Waals surface area contributed by atoms with Gasteiger partial charge >= 0.3 is 6.18 Å². The molecule has 1 aliphatic rings. The summed E-state index contributed by atoms with van der Waals surface area (Å²) in [5.41, 5.74) is 0. The lowest BCUT2D eigenvalue weighted by molar-refractivity contribution is -0.132. The molecule has 1 amide bonds. The number of aliphatic imine (C=N–C) groups is 1. The molecule has 0 bridgehead atoms. The van der Waals surface area contributed by atoms with Crippen molar-refractivity contribution < 1.29 is 18.0 Å². The first kappa shape index (κ1) is 17.6. The molecule has 0 spiro atoms. The highest BCUT2D eigenvalue weighted by molar-refractivity contribution is 5.81. The van der Waals surface area contributed by atoms with Gasteiger partial charge in [0, 0.05) is 32.6 Å². The summed E-state index contributed by atoms with van der Waals surface area (Å²) < 4.78 is 36.2. The van der Waals surface area contributed by atoms with Gasteiger partial charge < -0.3 is 15.5 Å². The summed E-state index contributed by atoms with van der Waals surface area (Å²) >= 11 is 0. The average Bonchev–Trinajstić information content (AvgIpc) is 2.91. The fraction of sp³-hybridized carbons (Fsp3) is 0.846. The van der Waals surface area contributed by atoms with E-state index in [0.717, 1.165) is 25.9 Å². The molecule has 1 saturated heterocycles. The van der Waals surface area contributed by atoms with E-state index in [9.17, 15) is 18.0 Å². The minimum atomic E-state index is -4.20. The quantitative estimate of drug-likeness (QED) is 0.578. The molecule has 0 saturated carbocycles. The molecule has 1 aliphatic heterocycles. The number of likely N-dealkylation sites (tertiary alicyclic amines) is 1. The highest BCUT2D eigenvalue weighted by Crippen LogP contribution is 2.18. The number of amides is 1. The first-order chi connectivity index (χ1) is 9.92. The SMILES string of the molecule is CCNC(=NCCC(F)(F)F)NCCC(=O)N1CCCC1. The van der Waals surface area contributed by atoms with Gasteiger partial charge in [-0.15, -0.1) is 0 Å². The second-order valence-corrected chi connectivity index (χ2v) is 4.89. The summed E-state index contributed by atoms with van der Waals surface area (Å²) in [5, 5.41) is 5.74. The van der Waals surface area contributed by atoms with E-state index in [-0.39, 0.29) is 12.5 Å². The summed E-state index contributed by atoms with van der Waals surface area (Å²) in [4.78, 5) is 17.5. The summed E-state index contributed by atoms with van der Waals surface area (Å²) in [6, 6.07) is 0. The van der Waals surface area contributed by atoms with Crippen LogP contribution in [0.1, 0.15) is 32.6 Å². The van der Waals surface area contributed by atoms with Crippen molar-refractivity contribution in [2.45, 2.75) is 38.8 Å². The smallest absolute Gasteiger partial charge is 0.357 e. The van der Waals surface area contributed by atoms with E-state index in [1.54, 1.807) is 0 Å². The summed E-state index contributed by atoms with van der Waals surface area (Å²) in [6.07, 6.45) is -2.74. The van der Waals surface area contributed by atoms with Crippen molar-refractivity contribution in [2.75, 3.05) is 32.7 Å². The number of alkyl halides is 3. The van der Waals surface area contributed by atoms with Gasteiger partial charge in [0.2, 0.25) is 5.91 Å². The topological polar surface area (TPSA) is 56.7 Å². The molecule has 0 aromatic rings. The van der Waals surface area contributed by atoms with Gasteiger partial charge in [0.1, 0.15) is 0 Å². The Balaban J connectivity index is 2.29. The molecule has 2 N–H and O–H groups in total. The van der Waals surface area contributed by atoms with Gasteiger partial charge in [0.05, 0.1) is 13.0 Å². The molecule has 0 aromatic heterocycles. The molecular formula is C13H23F3N4O. The molecule has 5 nitrogen and oxygen atoms in total. The number of guanidine groups is 1. The van der Waals surface area contributed by atoms with Crippen LogP contribution in [-0.2, 0) is 4.79 Å². The third kappa shape index (κ3) is 7.77. The second kappa shape index (κ2) is 8.74. The Labute approximate surface area is 123 Å². The van der Waals surface area contributed by atoms with Crippen LogP contribution in [0.5, 0.6) is 0 Å². The molecule has 21 heavy (non-hydrogen) atoms. The number of nitrogens with one attached hydrogen (secondary N) is 2. The molecule has 8 heteroatoms. The zero-order chi connectivity index (χ0) is 15.7. The van der Waals surface area contributed by atoms with Crippen LogP contribution in [0.3, 0.4) is 0 Å². The molecule has 0 aliphatic carbocycles. The third-order valence-corrected chi connectivity index (χ3v) is 3.10. The van der Waals surface area contributed by atoms with Crippen molar-refractivity contribution in [3.63, 3.8) is 0 Å². The van der Waals surface area contributed by atoms with E-state index in [2.05, 4.69) is 15.6 Å². The van der Waals surface area contributed by atoms with Gasteiger partial charge in [-0.3, -0.25) is 9.79 Å². The van der Waals surface area contributed by atoms with Crippen LogP contribution in [0.4, 0.5) is 13.2 Å². The molecule has 1 fully saturated rings. The van der Waals surface area contributed by atoms with Crippen LogP contribution >= 0.6 is 0 Å². The number of hydrogen-bond acceptors (Lipinski definition) is 2. The molecule has 0 aromatic carbocycles. The van der Waals surface area contributed by atoms with Crippen molar-refractivity contribution >= 4 is 11.9 Å². The highest BCUT2D eigenvalue weighted by atomic mass is 19.4. The Morgan fingerprint density at radius 1 is 1.24 bits per heavy atom. The van der Waals surface area contributed by atoms with Crippen LogP contribution in [0, 0.1) is 0 Å². The van der Waals surface area contributed by atoms with Gasteiger partial charge in [-0.05, 0) is 19.8 Å². The lowest BCUT2D eigenvalue weighted by Crippen LogP contribution is -2.40. The van der Waals surface area contributed by atoms with Crippen molar-refractivity contribution in [2.24, 2.45) is 4.99 Å². The molecule has 0 radical (unpaired) electrons. The van der Waals surface area contributed by atoms with Gasteiger partial charge in [-0.1, -0.05) is 0 Å². The molecule has 122 valence electrons. The minimum absolute atomic E-state index is 0.0751. The Bertz CT molecular complexity index is 352. The van der Waals surface area contributed by atoms with Gasteiger partial charge in [0.25, 0.3) is 0 Å². The fourth-order valence-corrected chi connectivity index (χ4v) is 2.05. The van der Waals surface area contributed by atoms with E-state index in [1.165, 1.54) is 0 Å². The van der Waals surface area contributed by atoms with Crippen molar-refractivity contribution in [1.82, 2.24) is 15.5 Å². The van der Waals surface area contributed by atoms with Crippen LogP contribution in [0.25, 0.3) is 0 Å². The van der Waals surface area contributed by atoms with Crippen molar-refractivity contribution in [1.29, 1.82) is 0 Å². The zero-order valence-corrected chi connectivity index (χ0v) is 12.3. The minimum Gasteiger partial charge on any atom is -0.357 e. The maximum absolute atomic E-state index is 12.1. The monoisotopic (exact) mass is 308 g/mol. The Kier molecular flexibility index (Phi) is 7.31. The standard InChI is InChI=1S/C13H23F3N4O/c1-2-17-12(19-8-6-13(14,15)16)18-7-5-11(21)20-9-3-4-10-20/h2-10H2,1H3,(H2,17,18,19).